The molecule has 0 heterocycles. The molecule has 118 valence electrons. The third kappa shape index (κ3) is 4.05. The highest BCUT2D eigenvalue weighted by Crippen LogP contribution is 2.36. The Bertz CT molecular complexity index is 455. The molecule has 1 saturated carbocycles. The van der Waals surface area contributed by atoms with E-state index < -0.39 is 0 Å². The Hall–Kier alpha value is -0.450. The fourth-order valence-electron chi connectivity index (χ4n) is 3.49. The normalized spacial score (nSPS) is 19.4. The molecule has 0 aromatic heterocycles. The lowest BCUT2D eigenvalue weighted by molar-refractivity contribution is -0.0884. The van der Waals surface area contributed by atoms with Gasteiger partial charge in [0.05, 0.1) is 5.60 Å². The van der Waals surface area contributed by atoms with Crippen LogP contribution in [0.1, 0.15) is 44.6 Å². The van der Waals surface area contributed by atoms with Gasteiger partial charge in [-0.05, 0) is 50.9 Å². The molecule has 2 rings (SSSR count). The van der Waals surface area contributed by atoms with Gasteiger partial charge in [0.15, 0.2) is 0 Å². The summed E-state index contributed by atoms with van der Waals surface area (Å²) in [4.78, 5) is 0. The summed E-state index contributed by atoms with van der Waals surface area (Å²) in [6.45, 7) is 2.75. The first-order valence-corrected chi connectivity index (χ1v) is 8.66. The summed E-state index contributed by atoms with van der Waals surface area (Å²) in [6, 6.07) is 5.45. The van der Waals surface area contributed by atoms with Crippen LogP contribution in [-0.4, -0.2) is 25.3 Å². The fraction of sp³-hybridized carbons (Fsp3) is 0.647. The number of nitrogens with one attached hydrogen (secondary N) is 1. The average molecular weight is 358 g/mol. The minimum absolute atomic E-state index is 0.146. The first-order chi connectivity index (χ1) is 10.1. The van der Waals surface area contributed by atoms with Crippen LogP contribution in [-0.2, 0) is 11.2 Å². The van der Waals surface area contributed by atoms with Crippen LogP contribution >= 0.6 is 15.9 Å². The minimum Gasteiger partial charge on any atom is -0.374 e. The molecule has 1 aromatic rings. The highest BCUT2D eigenvalue weighted by molar-refractivity contribution is 9.10. The van der Waals surface area contributed by atoms with Crippen molar-refractivity contribution in [2.45, 2.75) is 57.1 Å². The monoisotopic (exact) mass is 357 g/mol. The maximum absolute atomic E-state index is 14.1. The predicted octanol–water partition coefficient (Wildman–Crippen LogP) is 4.46. The van der Waals surface area contributed by atoms with Gasteiger partial charge in [0.2, 0.25) is 0 Å². The molecule has 0 spiro atoms. The summed E-state index contributed by atoms with van der Waals surface area (Å²) in [5, 5.41) is 3.38. The first-order valence-electron chi connectivity index (χ1n) is 7.86. The molecule has 1 N–H and O–H groups in total. The SMILES string of the molecule is CCOC1(C(Cc2ccc(Br)cc2F)NC)CCCCC1. The van der Waals surface area contributed by atoms with Gasteiger partial charge >= 0.3 is 0 Å². The fourth-order valence-corrected chi connectivity index (χ4v) is 3.82. The van der Waals surface area contributed by atoms with E-state index in [9.17, 15) is 4.39 Å². The van der Waals surface area contributed by atoms with Crippen molar-refractivity contribution in [2.75, 3.05) is 13.7 Å². The van der Waals surface area contributed by atoms with Gasteiger partial charge in [-0.15, -0.1) is 0 Å². The minimum atomic E-state index is -0.152. The summed E-state index contributed by atoms with van der Waals surface area (Å²) in [5.41, 5.74) is 0.601. The summed E-state index contributed by atoms with van der Waals surface area (Å²) < 4.78 is 21.1. The zero-order chi connectivity index (χ0) is 15.3. The van der Waals surface area contributed by atoms with Crippen LogP contribution in [0.4, 0.5) is 4.39 Å². The molecule has 1 aliphatic carbocycles. The quantitative estimate of drug-likeness (QED) is 0.811. The molecule has 0 saturated heterocycles. The molecule has 4 heteroatoms. The van der Waals surface area contributed by atoms with E-state index in [0.29, 0.717) is 13.0 Å². The number of hydrogen-bond acceptors (Lipinski definition) is 2. The van der Waals surface area contributed by atoms with Crippen LogP contribution in [0.15, 0.2) is 22.7 Å². The smallest absolute Gasteiger partial charge is 0.127 e. The van der Waals surface area contributed by atoms with Gasteiger partial charge < -0.3 is 10.1 Å². The molecule has 1 fully saturated rings. The van der Waals surface area contributed by atoms with Crippen molar-refractivity contribution in [2.24, 2.45) is 0 Å². The van der Waals surface area contributed by atoms with Gasteiger partial charge in [-0.2, -0.15) is 0 Å². The zero-order valence-electron chi connectivity index (χ0n) is 12.9. The number of likely N-dealkylation sites (N-methyl/N-ethyl adjacent to an activating group) is 1. The third-order valence-corrected chi connectivity index (χ3v) is 5.05. The molecular formula is C17H25BrFNO. The Morgan fingerprint density at radius 3 is 2.62 bits per heavy atom. The molecule has 2 nitrogen and oxygen atoms in total. The van der Waals surface area contributed by atoms with Gasteiger partial charge in [-0.25, -0.2) is 4.39 Å². The number of hydrogen-bond donors (Lipinski definition) is 1. The average Bonchev–Trinajstić information content (AvgIpc) is 2.47. The summed E-state index contributed by atoms with van der Waals surface area (Å²) in [7, 11) is 1.96. The van der Waals surface area contributed by atoms with Crippen LogP contribution in [0.5, 0.6) is 0 Å². The van der Waals surface area contributed by atoms with Crippen molar-refractivity contribution < 1.29 is 9.13 Å². The van der Waals surface area contributed by atoms with Gasteiger partial charge in [-0.3, -0.25) is 0 Å². The number of benzene rings is 1. The Morgan fingerprint density at radius 2 is 2.05 bits per heavy atom. The van der Waals surface area contributed by atoms with Crippen molar-refractivity contribution in [3.8, 4) is 0 Å². The van der Waals surface area contributed by atoms with Crippen LogP contribution in [0.2, 0.25) is 0 Å². The molecule has 0 radical (unpaired) electrons. The Balaban J connectivity index is 2.20. The molecule has 0 aliphatic heterocycles. The maximum Gasteiger partial charge on any atom is 0.127 e. The van der Waals surface area contributed by atoms with Gasteiger partial charge in [0.25, 0.3) is 0 Å². The predicted molar refractivity (Wildman–Crippen MR) is 88.1 cm³/mol. The van der Waals surface area contributed by atoms with E-state index in [-0.39, 0.29) is 17.5 Å². The van der Waals surface area contributed by atoms with Crippen LogP contribution in [0.25, 0.3) is 0 Å². The lowest BCUT2D eigenvalue weighted by Gasteiger charge is -2.43. The van der Waals surface area contributed by atoms with Crippen LogP contribution in [0.3, 0.4) is 0 Å². The second-order valence-corrected chi connectivity index (χ2v) is 6.76. The van der Waals surface area contributed by atoms with Crippen molar-refractivity contribution in [3.05, 3.63) is 34.1 Å². The van der Waals surface area contributed by atoms with Crippen molar-refractivity contribution in [1.29, 1.82) is 0 Å². The van der Waals surface area contributed by atoms with Crippen molar-refractivity contribution in [1.82, 2.24) is 5.32 Å². The van der Waals surface area contributed by atoms with Crippen molar-refractivity contribution >= 4 is 15.9 Å². The Labute approximate surface area is 135 Å². The third-order valence-electron chi connectivity index (χ3n) is 4.55. The molecule has 0 amide bonds. The largest absolute Gasteiger partial charge is 0.374 e. The molecule has 1 atom stereocenters. The highest BCUT2D eigenvalue weighted by atomic mass is 79.9. The van der Waals surface area contributed by atoms with Gasteiger partial charge in [-0.1, -0.05) is 41.3 Å². The summed E-state index contributed by atoms with van der Waals surface area (Å²) in [6.07, 6.45) is 6.45. The molecule has 1 aliphatic rings. The molecule has 0 bridgehead atoms. The zero-order valence-corrected chi connectivity index (χ0v) is 14.5. The molecule has 21 heavy (non-hydrogen) atoms. The summed E-state index contributed by atoms with van der Waals surface area (Å²) >= 11 is 3.31. The molecule has 1 unspecified atom stereocenters. The second-order valence-electron chi connectivity index (χ2n) is 5.84. The van der Waals surface area contributed by atoms with Crippen molar-refractivity contribution in [3.63, 3.8) is 0 Å². The van der Waals surface area contributed by atoms with E-state index in [1.165, 1.54) is 25.3 Å². The number of ether oxygens (including phenoxy) is 1. The van der Waals surface area contributed by atoms with E-state index in [1.807, 2.05) is 26.1 Å². The lowest BCUT2D eigenvalue weighted by Crippen LogP contribution is -2.54. The second kappa shape index (κ2) is 7.70. The van der Waals surface area contributed by atoms with Gasteiger partial charge in [0, 0.05) is 17.1 Å². The van der Waals surface area contributed by atoms with E-state index in [0.717, 1.165) is 22.9 Å². The van der Waals surface area contributed by atoms with E-state index in [4.69, 9.17) is 4.74 Å². The first kappa shape index (κ1) is 16.9. The Morgan fingerprint density at radius 1 is 1.33 bits per heavy atom. The van der Waals surface area contributed by atoms with Gasteiger partial charge in [0.1, 0.15) is 5.82 Å². The maximum atomic E-state index is 14.1. The summed E-state index contributed by atoms with van der Waals surface area (Å²) in [5.74, 6) is -0.146. The molecular weight excluding hydrogens is 333 g/mol. The Kier molecular flexibility index (Phi) is 6.20. The van der Waals surface area contributed by atoms with Crippen LogP contribution in [0, 0.1) is 5.82 Å². The molecule has 1 aromatic carbocycles. The topological polar surface area (TPSA) is 21.3 Å². The van der Waals surface area contributed by atoms with E-state index >= 15 is 0 Å². The standard InChI is InChI=1S/C17H25BrFNO/c1-3-21-17(9-5-4-6-10-17)16(20-2)11-13-7-8-14(18)12-15(13)19/h7-8,12,16,20H,3-6,9-11H2,1-2H3. The number of halogens is 2. The van der Waals surface area contributed by atoms with E-state index in [2.05, 4.69) is 21.2 Å². The van der Waals surface area contributed by atoms with Crippen LogP contribution < -0.4 is 5.32 Å². The lowest BCUT2D eigenvalue weighted by atomic mass is 9.77. The van der Waals surface area contributed by atoms with E-state index in [1.54, 1.807) is 0 Å². The highest BCUT2D eigenvalue weighted by Gasteiger charge is 2.40. The number of rotatable bonds is 6.